The number of hydrogen-bond donors (Lipinski definition) is 3. The van der Waals surface area contributed by atoms with Crippen molar-refractivity contribution >= 4 is 0 Å². The van der Waals surface area contributed by atoms with Crippen molar-refractivity contribution in [2.45, 2.75) is 77.9 Å². The van der Waals surface area contributed by atoms with Crippen LogP contribution in [0.3, 0.4) is 0 Å². The van der Waals surface area contributed by atoms with Crippen molar-refractivity contribution < 1.29 is 10.2 Å². The van der Waals surface area contributed by atoms with Gasteiger partial charge in [-0.15, -0.1) is 0 Å². The third-order valence-electron chi connectivity index (χ3n) is 3.97. The smallest absolute Gasteiger partial charge is 0.123 e. The predicted molar refractivity (Wildman–Crippen MR) is 88.7 cm³/mol. The van der Waals surface area contributed by atoms with Crippen molar-refractivity contribution in [2.75, 3.05) is 0 Å². The lowest BCUT2D eigenvalue weighted by Gasteiger charge is -2.30. The second kappa shape index (κ2) is 5.98. The molecule has 0 unspecified atom stereocenters. The molecule has 2 atom stereocenters. The number of aliphatic hydroxyl groups is 1. The summed E-state index contributed by atoms with van der Waals surface area (Å²) in [6.07, 6.45) is 0.0350. The van der Waals surface area contributed by atoms with Gasteiger partial charge in [0, 0.05) is 0 Å². The SMILES string of the molecule is CC[C@H](O)[C@H](N)c1cc(C(C)(C)C)c(O)c(C(C)(C)C)c1. The zero-order chi connectivity index (χ0) is 16.6. The molecule has 0 bridgehead atoms. The van der Waals surface area contributed by atoms with Crippen LogP contribution in [0.25, 0.3) is 0 Å². The molecule has 0 aliphatic carbocycles. The molecule has 1 rings (SSSR count). The van der Waals surface area contributed by atoms with Crippen LogP contribution in [0.4, 0.5) is 0 Å². The Labute approximate surface area is 129 Å². The summed E-state index contributed by atoms with van der Waals surface area (Å²) >= 11 is 0. The summed E-state index contributed by atoms with van der Waals surface area (Å²) in [5.41, 5.74) is 8.47. The molecule has 4 N–H and O–H groups in total. The highest BCUT2D eigenvalue weighted by atomic mass is 16.3. The van der Waals surface area contributed by atoms with E-state index in [1.807, 2.05) is 19.1 Å². The molecular weight excluding hydrogens is 262 g/mol. The Bertz CT molecular complexity index is 460. The Balaban J connectivity index is 3.55. The minimum atomic E-state index is -0.574. The van der Waals surface area contributed by atoms with Crippen molar-refractivity contribution in [2.24, 2.45) is 5.73 Å². The lowest BCUT2D eigenvalue weighted by atomic mass is 9.77. The first-order valence-corrected chi connectivity index (χ1v) is 7.71. The van der Waals surface area contributed by atoms with Crippen LogP contribution < -0.4 is 5.73 Å². The van der Waals surface area contributed by atoms with Crippen LogP contribution in [-0.4, -0.2) is 16.3 Å². The summed E-state index contributed by atoms with van der Waals surface area (Å²) in [6.45, 7) is 14.3. The third-order valence-corrected chi connectivity index (χ3v) is 3.97. The van der Waals surface area contributed by atoms with Crippen molar-refractivity contribution in [3.8, 4) is 5.75 Å². The molecule has 120 valence electrons. The minimum Gasteiger partial charge on any atom is -0.507 e. The third kappa shape index (κ3) is 3.98. The molecule has 21 heavy (non-hydrogen) atoms. The Morgan fingerprint density at radius 1 is 1.00 bits per heavy atom. The molecule has 3 heteroatoms. The average molecular weight is 293 g/mol. The van der Waals surface area contributed by atoms with Gasteiger partial charge in [0.2, 0.25) is 0 Å². The highest BCUT2D eigenvalue weighted by Gasteiger charge is 2.28. The lowest BCUT2D eigenvalue weighted by Crippen LogP contribution is -2.27. The van der Waals surface area contributed by atoms with Crippen molar-refractivity contribution in [3.05, 3.63) is 28.8 Å². The molecule has 0 aliphatic heterocycles. The Kier molecular flexibility index (Phi) is 5.12. The first kappa shape index (κ1) is 18.0. The fourth-order valence-corrected chi connectivity index (χ4v) is 2.47. The zero-order valence-electron chi connectivity index (χ0n) is 14.5. The Morgan fingerprint density at radius 2 is 1.38 bits per heavy atom. The van der Waals surface area contributed by atoms with Crippen LogP contribution in [-0.2, 0) is 10.8 Å². The van der Waals surface area contributed by atoms with E-state index in [1.54, 1.807) is 0 Å². The van der Waals surface area contributed by atoms with E-state index >= 15 is 0 Å². The minimum absolute atomic E-state index is 0.184. The van der Waals surface area contributed by atoms with Gasteiger partial charge in [-0.3, -0.25) is 0 Å². The number of aliphatic hydroxyl groups excluding tert-OH is 1. The maximum absolute atomic E-state index is 10.7. The van der Waals surface area contributed by atoms with E-state index in [4.69, 9.17) is 5.73 Å². The molecule has 0 saturated heterocycles. The number of aromatic hydroxyl groups is 1. The van der Waals surface area contributed by atoms with Crippen LogP contribution in [0.5, 0.6) is 5.75 Å². The maximum atomic E-state index is 10.7. The molecule has 0 aliphatic rings. The molecule has 0 saturated carbocycles. The van der Waals surface area contributed by atoms with Crippen molar-refractivity contribution in [3.63, 3.8) is 0 Å². The normalized spacial score (nSPS) is 15.9. The van der Waals surface area contributed by atoms with Gasteiger partial charge >= 0.3 is 0 Å². The van der Waals surface area contributed by atoms with Crippen LogP contribution >= 0.6 is 0 Å². The van der Waals surface area contributed by atoms with E-state index in [9.17, 15) is 10.2 Å². The summed E-state index contributed by atoms with van der Waals surface area (Å²) in [6, 6.07) is 3.44. The molecule has 0 spiro atoms. The maximum Gasteiger partial charge on any atom is 0.123 e. The second-order valence-electron chi connectivity index (χ2n) is 7.97. The van der Waals surface area contributed by atoms with E-state index in [2.05, 4.69) is 41.5 Å². The summed E-state index contributed by atoms with van der Waals surface area (Å²) in [7, 11) is 0. The molecule has 0 fully saturated rings. The van der Waals surface area contributed by atoms with E-state index in [0.717, 1.165) is 16.7 Å². The first-order chi connectivity index (χ1) is 9.39. The second-order valence-corrected chi connectivity index (χ2v) is 7.97. The van der Waals surface area contributed by atoms with Gasteiger partial charge in [-0.2, -0.15) is 0 Å². The van der Waals surface area contributed by atoms with Crippen LogP contribution in [0.15, 0.2) is 12.1 Å². The number of rotatable bonds is 3. The van der Waals surface area contributed by atoms with Crippen LogP contribution in [0.2, 0.25) is 0 Å². The number of phenolic OH excluding ortho intramolecular Hbond substituents is 1. The summed E-state index contributed by atoms with van der Waals surface area (Å²) in [5.74, 6) is 0.344. The number of hydrogen-bond acceptors (Lipinski definition) is 3. The molecule has 0 heterocycles. The number of nitrogens with two attached hydrogens (primary N) is 1. The average Bonchev–Trinajstić information content (AvgIpc) is 2.34. The van der Waals surface area contributed by atoms with Crippen molar-refractivity contribution in [1.82, 2.24) is 0 Å². The van der Waals surface area contributed by atoms with Gasteiger partial charge in [0.1, 0.15) is 5.75 Å². The number of phenols is 1. The number of benzene rings is 1. The van der Waals surface area contributed by atoms with E-state index in [1.165, 1.54) is 0 Å². The Morgan fingerprint density at radius 3 is 1.67 bits per heavy atom. The molecule has 1 aromatic carbocycles. The summed E-state index contributed by atoms with van der Waals surface area (Å²) in [4.78, 5) is 0. The zero-order valence-corrected chi connectivity index (χ0v) is 14.5. The van der Waals surface area contributed by atoms with E-state index in [-0.39, 0.29) is 10.8 Å². The van der Waals surface area contributed by atoms with Crippen molar-refractivity contribution in [1.29, 1.82) is 0 Å². The van der Waals surface area contributed by atoms with Gasteiger partial charge in [-0.25, -0.2) is 0 Å². The lowest BCUT2D eigenvalue weighted by molar-refractivity contribution is 0.140. The molecule has 3 nitrogen and oxygen atoms in total. The summed E-state index contributed by atoms with van der Waals surface area (Å²) in [5, 5.41) is 20.7. The van der Waals surface area contributed by atoms with Gasteiger partial charge < -0.3 is 15.9 Å². The standard InChI is InChI=1S/C18H31NO2/c1-8-14(20)15(19)11-9-12(17(2,3)4)16(21)13(10-11)18(5,6)7/h9-10,14-15,20-21H,8,19H2,1-7H3/t14-,15+/m0/s1. The molecular formula is C18H31NO2. The topological polar surface area (TPSA) is 66.5 Å². The van der Waals surface area contributed by atoms with Crippen LogP contribution in [0, 0.1) is 0 Å². The van der Waals surface area contributed by atoms with E-state index < -0.39 is 12.1 Å². The highest BCUT2D eigenvalue weighted by Crippen LogP contribution is 2.40. The predicted octanol–water partition coefficient (Wildman–Crippen LogP) is 3.76. The molecule has 0 aromatic heterocycles. The summed E-state index contributed by atoms with van der Waals surface area (Å²) < 4.78 is 0. The van der Waals surface area contributed by atoms with Gasteiger partial charge in [0.15, 0.2) is 0 Å². The first-order valence-electron chi connectivity index (χ1n) is 7.71. The quantitative estimate of drug-likeness (QED) is 0.795. The molecule has 0 radical (unpaired) electrons. The fraction of sp³-hybridized carbons (Fsp3) is 0.667. The van der Waals surface area contributed by atoms with Gasteiger partial charge in [0.25, 0.3) is 0 Å². The Hall–Kier alpha value is -1.06. The largest absolute Gasteiger partial charge is 0.507 e. The monoisotopic (exact) mass is 293 g/mol. The highest BCUT2D eigenvalue weighted by molar-refractivity contribution is 5.50. The van der Waals surface area contributed by atoms with Gasteiger partial charge in [0.05, 0.1) is 12.1 Å². The molecule has 0 amide bonds. The van der Waals surface area contributed by atoms with Gasteiger partial charge in [-0.1, -0.05) is 48.5 Å². The molecule has 1 aromatic rings. The fourth-order valence-electron chi connectivity index (χ4n) is 2.47. The van der Waals surface area contributed by atoms with Crippen LogP contribution in [0.1, 0.15) is 77.6 Å². The van der Waals surface area contributed by atoms with E-state index in [0.29, 0.717) is 12.2 Å². The van der Waals surface area contributed by atoms with Gasteiger partial charge in [-0.05, 0) is 46.1 Å².